The summed E-state index contributed by atoms with van der Waals surface area (Å²) in [7, 11) is 0. The highest BCUT2D eigenvalue weighted by Gasteiger charge is 2.57. The van der Waals surface area contributed by atoms with Gasteiger partial charge in [0.05, 0.1) is 6.10 Å². The van der Waals surface area contributed by atoms with E-state index in [-0.39, 0.29) is 16.9 Å². The van der Waals surface area contributed by atoms with Crippen LogP contribution < -0.4 is 0 Å². The number of hydrogen-bond donors (Lipinski definition) is 1. The Bertz CT molecular complexity index is 273. The van der Waals surface area contributed by atoms with Gasteiger partial charge in [0, 0.05) is 11.8 Å². The zero-order chi connectivity index (χ0) is 10.4. The Balaban J connectivity index is 2.31. The maximum absolute atomic E-state index is 10.3. The molecule has 2 bridgehead atoms. The molecule has 2 saturated carbocycles. The van der Waals surface area contributed by atoms with Gasteiger partial charge >= 0.3 is 0 Å². The van der Waals surface area contributed by atoms with Gasteiger partial charge in [-0.2, -0.15) is 0 Å². The van der Waals surface area contributed by atoms with E-state index in [0.717, 1.165) is 19.3 Å². The van der Waals surface area contributed by atoms with E-state index < -0.39 is 0 Å². The maximum atomic E-state index is 10.3. The molecule has 0 aromatic carbocycles. The molecule has 2 rings (SSSR count). The van der Waals surface area contributed by atoms with Gasteiger partial charge in [-0.25, -0.2) is 0 Å². The van der Waals surface area contributed by atoms with Crippen LogP contribution in [0, 0.1) is 29.1 Å². The molecule has 14 heavy (non-hydrogen) atoms. The van der Waals surface area contributed by atoms with Gasteiger partial charge < -0.3 is 5.11 Å². The first-order valence-corrected chi connectivity index (χ1v) is 5.63. The fraction of sp³-hybridized carbons (Fsp3) is 0.846. The highest BCUT2D eigenvalue weighted by atomic mass is 16.3. The Labute approximate surface area is 86.9 Å². The molecule has 2 aliphatic rings. The molecule has 0 heterocycles. The van der Waals surface area contributed by atoms with E-state index in [1.807, 2.05) is 0 Å². The lowest BCUT2D eigenvalue weighted by atomic mass is 9.71. The first kappa shape index (κ1) is 10.1. The topological polar surface area (TPSA) is 20.2 Å². The van der Waals surface area contributed by atoms with Crippen molar-refractivity contribution in [1.29, 1.82) is 0 Å². The van der Waals surface area contributed by atoms with E-state index in [1.165, 1.54) is 12.8 Å². The van der Waals surface area contributed by atoms with Crippen LogP contribution in [0.15, 0.2) is 0 Å². The SMILES string of the molecule is C#CCC12CCC[C@@H]([C@H]1O)C(C)(C)C2. The summed E-state index contributed by atoms with van der Waals surface area (Å²) in [6, 6.07) is 0. The number of terminal acetylenes is 1. The fourth-order valence-electron chi connectivity index (χ4n) is 3.91. The molecule has 0 amide bonds. The molecule has 0 aliphatic heterocycles. The minimum Gasteiger partial charge on any atom is -0.392 e. The van der Waals surface area contributed by atoms with Gasteiger partial charge in [-0.05, 0) is 30.6 Å². The van der Waals surface area contributed by atoms with Gasteiger partial charge in [-0.3, -0.25) is 0 Å². The minimum absolute atomic E-state index is 0.0567. The predicted molar refractivity (Wildman–Crippen MR) is 57.6 cm³/mol. The molecule has 1 nitrogen and oxygen atoms in total. The first-order chi connectivity index (χ1) is 6.52. The van der Waals surface area contributed by atoms with Gasteiger partial charge in [0.1, 0.15) is 0 Å². The van der Waals surface area contributed by atoms with Crippen molar-refractivity contribution in [1.82, 2.24) is 0 Å². The first-order valence-electron chi connectivity index (χ1n) is 5.63. The molecule has 1 N–H and O–H groups in total. The molecule has 2 fully saturated rings. The second kappa shape index (κ2) is 3.00. The summed E-state index contributed by atoms with van der Waals surface area (Å²) < 4.78 is 0. The number of aliphatic hydroxyl groups is 1. The van der Waals surface area contributed by atoms with Gasteiger partial charge in [0.15, 0.2) is 0 Å². The van der Waals surface area contributed by atoms with Crippen molar-refractivity contribution >= 4 is 0 Å². The fourth-order valence-corrected chi connectivity index (χ4v) is 3.91. The lowest BCUT2D eigenvalue weighted by Gasteiger charge is -2.37. The molecular weight excluding hydrogens is 172 g/mol. The lowest BCUT2D eigenvalue weighted by molar-refractivity contribution is -0.0119. The van der Waals surface area contributed by atoms with Gasteiger partial charge in [0.25, 0.3) is 0 Å². The average molecular weight is 192 g/mol. The minimum atomic E-state index is -0.151. The van der Waals surface area contributed by atoms with Gasteiger partial charge in [-0.1, -0.05) is 20.3 Å². The van der Waals surface area contributed by atoms with Crippen molar-refractivity contribution in [3.63, 3.8) is 0 Å². The summed E-state index contributed by atoms with van der Waals surface area (Å²) in [4.78, 5) is 0. The van der Waals surface area contributed by atoms with Crippen LogP contribution >= 0.6 is 0 Å². The van der Waals surface area contributed by atoms with E-state index in [2.05, 4.69) is 19.8 Å². The van der Waals surface area contributed by atoms with Crippen LogP contribution in [-0.2, 0) is 0 Å². The summed E-state index contributed by atoms with van der Waals surface area (Å²) >= 11 is 0. The van der Waals surface area contributed by atoms with E-state index >= 15 is 0 Å². The molecule has 0 saturated heterocycles. The molecule has 0 aromatic heterocycles. The van der Waals surface area contributed by atoms with Crippen LogP contribution in [0.2, 0.25) is 0 Å². The second-order valence-electron chi connectivity index (χ2n) is 5.85. The average Bonchev–Trinajstić information content (AvgIpc) is 2.22. The smallest absolute Gasteiger partial charge is 0.0638 e. The highest BCUT2D eigenvalue weighted by molar-refractivity contribution is 5.11. The van der Waals surface area contributed by atoms with Crippen LogP contribution in [0.5, 0.6) is 0 Å². The molecule has 78 valence electrons. The normalized spacial score (nSPS) is 44.7. The van der Waals surface area contributed by atoms with E-state index in [0.29, 0.717) is 5.92 Å². The van der Waals surface area contributed by atoms with Gasteiger partial charge in [0.2, 0.25) is 0 Å². The van der Waals surface area contributed by atoms with E-state index in [1.54, 1.807) is 0 Å². The summed E-state index contributed by atoms with van der Waals surface area (Å²) in [6.07, 6.45) is 10.7. The van der Waals surface area contributed by atoms with Crippen molar-refractivity contribution < 1.29 is 5.11 Å². The van der Waals surface area contributed by atoms with E-state index in [9.17, 15) is 5.11 Å². The van der Waals surface area contributed by atoms with Crippen molar-refractivity contribution in [2.75, 3.05) is 0 Å². The monoisotopic (exact) mass is 192 g/mol. The molecular formula is C13H20O. The Kier molecular flexibility index (Phi) is 2.16. The molecule has 0 spiro atoms. The van der Waals surface area contributed by atoms with Crippen molar-refractivity contribution in [2.45, 2.75) is 52.1 Å². The number of fused-ring (bicyclic) bond motifs is 2. The molecule has 1 unspecified atom stereocenters. The predicted octanol–water partition coefficient (Wildman–Crippen LogP) is 2.59. The lowest BCUT2D eigenvalue weighted by Crippen LogP contribution is -2.37. The molecule has 0 aromatic rings. The third kappa shape index (κ3) is 1.21. The van der Waals surface area contributed by atoms with Crippen LogP contribution in [0.1, 0.15) is 46.0 Å². The number of hydrogen-bond acceptors (Lipinski definition) is 1. The van der Waals surface area contributed by atoms with Crippen LogP contribution in [0.4, 0.5) is 0 Å². The highest BCUT2D eigenvalue weighted by Crippen LogP contribution is 2.61. The Morgan fingerprint density at radius 2 is 2.21 bits per heavy atom. The molecule has 0 radical (unpaired) electrons. The quantitative estimate of drug-likeness (QED) is 0.633. The maximum Gasteiger partial charge on any atom is 0.0638 e. The zero-order valence-corrected chi connectivity index (χ0v) is 9.21. The summed E-state index contributed by atoms with van der Waals surface area (Å²) in [5, 5.41) is 10.3. The van der Waals surface area contributed by atoms with Crippen LogP contribution in [-0.4, -0.2) is 11.2 Å². The van der Waals surface area contributed by atoms with Crippen molar-refractivity contribution in [3.8, 4) is 12.3 Å². The second-order valence-corrected chi connectivity index (χ2v) is 5.85. The Morgan fingerprint density at radius 1 is 1.50 bits per heavy atom. The van der Waals surface area contributed by atoms with Crippen LogP contribution in [0.25, 0.3) is 0 Å². The third-order valence-electron chi connectivity index (χ3n) is 4.46. The number of rotatable bonds is 1. The largest absolute Gasteiger partial charge is 0.392 e. The Hall–Kier alpha value is -0.480. The molecule has 1 heteroatoms. The standard InChI is InChI=1S/C13H20O/c1-4-7-13-8-5-6-10(11(13)14)12(2,3)9-13/h1,10-11,14H,5-9H2,2-3H3/t10-,11+,13?/m0/s1. The Morgan fingerprint density at radius 3 is 2.86 bits per heavy atom. The molecule has 3 atom stereocenters. The summed E-state index contributed by atoms with van der Waals surface area (Å²) in [6.45, 7) is 4.56. The molecule has 2 aliphatic carbocycles. The van der Waals surface area contributed by atoms with Crippen molar-refractivity contribution in [3.05, 3.63) is 0 Å². The van der Waals surface area contributed by atoms with Crippen LogP contribution in [0.3, 0.4) is 0 Å². The van der Waals surface area contributed by atoms with E-state index in [4.69, 9.17) is 6.42 Å². The zero-order valence-electron chi connectivity index (χ0n) is 9.21. The number of aliphatic hydroxyl groups excluding tert-OH is 1. The third-order valence-corrected chi connectivity index (χ3v) is 4.46. The summed E-state index contributed by atoms with van der Waals surface area (Å²) in [5.41, 5.74) is 0.341. The van der Waals surface area contributed by atoms with Crippen molar-refractivity contribution in [2.24, 2.45) is 16.7 Å². The van der Waals surface area contributed by atoms with Gasteiger partial charge in [-0.15, -0.1) is 12.3 Å². The summed E-state index contributed by atoms with van der Waals surface area (Å²) in [5.74, 6) is 3.24.